The third-order valence-corrected chi connectivity index (χ3v) is 5.99. The van der Waals surface area contributed by atoms with Crippen LogP contribution < -0.4 is 10.6 Å². The second-order valence-electron chi connectivity index (χ2n) is 6.49. The number of hydrogen-bond acceptors (Lipinski definition) is 4. The second-order valence-corrected chi connectivity index (χ2v) is 8.72. The fraction of sp³-hybridized carbons (Fsp3) is 0.588. The van der Waals surface area contributed by atoms with Gasteiger partial charge in [-0.25, -0.2) is 12.8 Å². The van der Waals surface area contributed by atoms with Crippen molar-refractivity contribution in [1.82, 2.24) is 15.5 Å². The van der Waals surface area contributed by atoms with E-state index in [4.69, 9.17) is 0 Å². The van der Waals surface area contributed by atoms with Gasteiger partial charge >= 0.3 is 0 Å². The van der Waals surface area contributed by atoms with Gasteiger partial charge in [-0.3, -0.25) is 4.99 Å². The molecule has 0 amide bonds. The molecule has 1 aliphatic heterocycles. The zero-order valence-corrected chi connectivity index (χ0v) is 15.8. The SMILES string of the molecule is CCNC(=NCC(c1ccc(F)cc1)N(C)C)NC1CCS(=O)(=O)C1. The molecule has 1 aromatic rings. The molecule has 1 fully saturated rings. The predicted octanol–water partition coefficient (Wildman–Crippen LogP) is 1.17. The summed E-state index contributed by atoms with van der Waals surface area (Å²) in [6, 6.07) is 6.32. The molecule has 2 atom stereocenters. The monoisotopic (exact) mass is 370 g/mol. The minimum atomic E-state index is -2.94. The van der Waals surface area contributed by atoms with Gasteiger partial charge < -0.3 is 15.5 Å². The van der Waals surface area contributed by atoms with Crippen LogP contribution in [0.5, 0.6) is 0 Å². The van der Waals surface area contributed by atoms with Crippen LogP contribution in [-0.2, 0) is 9.84 Å². The molecule has 1 aromatic carbocycles. The van der Waals surface area contributed by atoms with Crippen molar-refractivity contribution in [2.24, 2.45) is 4.99 Å². The highest BCUT2D eigenvalue weighted by atomic mass is 32.2. The van der Waals surface area contributed by atoms with Crippen molar-refractivity contribution in [3.05, 3.63) is 35.6 Å². The Labute approximate surface area is 149 Å². The van der Waals surface area contributed by atoms with Gasteiger partial charge in [-0.2, -0.15) is 0 Å². The highest BCUT2D eigenvalue weighted by molar-refractivity contribution is 7.91. The summed E-state index contributed by atoms with van der Waals surface area (Å²) >= 11 is 0. The van der Waals surface area contributed by atoms with E-state index in [0.717, 1.165) is 5.56 Å². The van der Waals surface area contributed by atoms with Gasteiger partial charge in [0.05, 0.1) is 24.1 Å². The summed E-state index contributed by atoms with van der Waals surface area (Å²) in [5.74, 6) is 0.715. The van der Waals surface area contributed by atoms with Gasteiger partial charge in [-0.05, 0) is 45.1 Å². The first-order valence-corrected chi connectivity index (χ1v) is 10.3. The number of benzene rings is 1. The van der Waals surface area contributed by atoms with Crippen molar-refractivity contribution in [3.63, 3.8) is 0 Å². The third kappa shape index (κ3) is 5.97. The molecule has 1 saturated heterocycles. The number of sulfone groups is 1. The van der Waals surface area contributed by atoms with Crippen LogP contribution in [0.25, 0.3) is 0 Å². The van der Waals surface area contributed by atoms with Gasteiger partial charge in [0.25, 0.3) is 0 Å². The van der Waals surface area contributed by atoms with E-state index in [1.807, 2.05) is 25.9 Å². The lowest BCUT2D eigenvalue weighted by atomic mass is 10.1. The second kappa shape index (κ2) is 8.62. The van der Waals surface area contributed by atoms with Crippen molar-refractivity contribution >= 4 is 15.8 Å². The Hall–Kier alpha value is -1.67. The number of rotatable bonds is 6. The van der Waals surface area contributed by atoms with Crippen LogP contribution in [0.2, 0.25) is 0 Å². The largest absolute Gasteiger partial charge is 0.357 e. The van der Waals surface area contributed by atoms with Crippen molar-refractivity contribution in [2.75, 3.05) is 38.7 Å². The maximum atomic E-state index is 13.1. The molecule has 25 heavy (non-hydrogen) atoms. The predicted molar refractivity (Wildman–Crippen MR) is 99.0 cm³/mol. The van der Waals surface area contributed by atoms with Crippen LogP contribution in [0.4, 0.5) is 4.39 Å². The van der Waals surface area contributed by atoms with Crippen LogP contribution in [0.1, 0.15) is 24.9 Å². The fourth-order valence-electron chi connectivity index (χ4n) is 2.85. The highest BCUT2D eigenvalue weighted by Crippen LogP contribution is 2.19. The van der Waals surface area contributed by atoms with Gasteiger partial charge in [0.15, 0.2) is 15.8 Å². The lowest BCUT2D eigenvalue weighted by Crippen LogP contribution is -2.44. The minimum Gasteiger partial charge on any atom is -0.357 e. The quantitative estimate of drug-likeness (QED) is 0.581. The van der Waals surface area contributed by atoms with E-state index in [0.29, 0.717) is 25.5 Å². The van der Waals surface area contributed by atoms with Crippen LogP contribution in [-0.4, -0.2) is 64.0 Å². The first-order chi connectivity index (χ1) is 11.8. The molecule has 2 unspecified atom stereocenters. The molecule has 2 rings (SSSR count). The number of nitrogens with zero attached hydrogens (tertiary/aromatic N) is 2. The van der Waals surface area contributed by atoms with Crippen LogP contribution in [0, 0.1) is 5.82 Å². The normalized spacial score (nSPS) is 21.3. The van der Waals surface area contributed by atoms with Gasteiger partial charge in [0.2, 0.25) is 0 Å². The van der Waals surface area contributed by atoms with Gasteiger partial charge in [0.1, 0.15) is 5.82 Å². The van der Waals surface area contributed by atoms with Crippen molar-refractivity contribution in [3.8, 4) is 0 Å². The standard InChI is InChI=1S/C17H27FN4O2S/c1-4-19-17(21-15-9-10-25(23,24)12-15)20-11-16(22(2)3)13-5-7-14(18)8-6-13/h5-8,15-16H,4,9-12H2,1-3H3,(H2,19,20,21). The molecule has 1 heterocycles. The van der Waals surface area contributed by atoms with Crippen LogP contribution >= 0.6 is 0 Å². The molecule has 1 aliphatic rings. The van der Waals surface area contributed by atoms with E-state index in [9.17, 15) is 12.8 Å². The summed E-state index contributed by atoms with van der Waals surface area (Å²) < 4.78 is 36.4. The smallest absolute Gasteiger partial charge is 0.191 e. The number of nitrogens with one attached hydrogen (secondary N) is 2. The molecule has 2 N–H and O–H groups in total. The first-order valence-electron chi connectivity index (χ1n) is 8.48. The average molecular weight is 370 g/mol. The Morgan fingerprint density at radius 2 is 2.04 bits per heavy atom. The molecule has 140 valence electrons. The molecule has 0 saturated carbocycles. The number of likely N-dealkylation sites (N-methyl/N-ethyl adjacent to an activating group) is 1. The maximum absolute atomic E-state index is 13.1. The Balaban J connectivity index is 2.08. The first kappa shape index (κ1) is 19.7. The van der Waals surface area contributed by atoms with E-state index < -0.39 is 9.84 Å². The van der Waals surface area contributed by atoms with Crippen molar-refractivity contribution in [1.29, 1.82) is 0 Å². The van der Waals surface area contributed by atoms with Crippen molar-refractivity contribution in [2.45, 2.75) is 25.4 Å². The Morgan fingerprint density at radius 1 is 1.36 bits per heavy atom. The average Bonchev–Trinajstić information content (AvgIpc) is 2.88. The molecular weight excluding hydrogens is 343 g/mol. The highest BCUT2D eigenvalue weighted by Gasteiger charge is 2.28. The number of halogens is 1. The lowest BCUT2D eigenvalue weighted by molar-refractivity contribution is 0.306. The molecule has 6 nitrogen and oxygen atoms in total. The molecular formula is C17H27FN4O2S. The summed E-state index contributed by atoms with van der Waals surface area (Å²) in [6.45, 7) is 3.13. The zero-order chi connectivity index (χ0) is 18.4. The van der Waals surface area contributed by atoms with Crippen molar-refractivity contribution < 1.29 is 12.8 Å². The molecule has 0 radical (unpaired) electrons. The zero-order valence-electron chi connectivity index (χ0n) is 15.0. The summed E-state index contributed by atoms with van der Waals surface area (Å²) in [5, 5.41) is 6.37. The van der Waals surface area contributed by atoms with E-state index in [1.165, 1.54) is 12.1 Å². The van der Waals surface area contributed by atoms with E-state index in [-0.39, 0.29) is 29.4 Å². The van der Waals surface area contributed by atoms with E-state index >= 15 is 0 Å². The molecule has 8 heteroatoms. The maximum Gasteiger partial charge on any atom is 0.191 e. The summed E-state index contributed by atoms with van der Waals surface area (Å²) in [4.78, 5) is 6.64. The van der Waals surface area contributed by atoms with E-state index in [1.54, 1.807) is 12.1 Å². The number of guanidine groups is 1. The summed E-state index contributed by atoms with van der Waals surface area (Å²) in [5.41, 5.74) is 0.981. The number of hydrogen-bond donors (Lipinski definition) is 2. The number of aliphatic imine (C=N–C) groups is 1. The minimum absolute atomic E-state index is 0.00312. The molecule has 0 aromatic heterocycles. The Bertz CT molecular complexity index is 689. The molecule has 0 aliphatic carbocycles. The Morgan fingerprint density at radius 3 is 2.56 bits per heavy atom. The van der Waals surface area contributed by atoms with Gasteiger partial charge in [-0.15, -0.1) is 0 Å². The van der Waals surface area contributed by atoms with E-state index in [2.05, 4.69) is 15.6 Å². The summed E-state index contributed by atoms with van der Waals surface area (Å²) in [7, 11) is 0.967. The fourth-order valence-corrected chi connectivity index (χ4v) is 4.53. The summed E-state index contributed by atoms with van der Waals surface area (Å²) in [6.07, 6.45) is 0.599. The van der Waals surface area contributed by atoms with Crippen LogP contribution in [0.3, 0.4) is 0 Å². The topological polar surface area (TPSA) is 73.8 Å². The van der Waals surface area contributed by atoms with Crippen LogP contribution in [0.15, 0.2) is 29.3 Å². The third-order valence-electron chi connectivity index (χ3n) is 4.22. The lowest BCUT2D eigenvalue weighted by Gasteiger charge is -2.24. The van der Waals surface area contributed by atoms with Gasteiger partial charge in [0, 0.05) is 12.6 Å². The Kier molecular flexibility index (Phi) is 6.78. The molecule has 0 bridgehead atoms. The van der Waals surface area contributed by atoms with Gasteiger partial charge in [-0.1, -0.05) is 12.1 Å². The molecule has 0 spiro atoms.